The normalized spacial score (nSPS) is 11.3. The molecule has 0 bridgehead atoms. The second kappa shape index (κ2) is 7.13. The highest BCUT2D eigenvalue weighted by atomic mass is 35.5. The van der Waals surface area contributed by atoms with Gasteiger partial charge in [-0.1, -0.05) is 34.8 Å². The predicted octanol–water partition coefficient (Wildman–Crippen LogP) is 5.18. The summed E-state index contributed by atoms with van der Waals surface area (Å²) in [6.45, 7) is 1.58. The highest BCUT2D eigenvalue weighted by Gasteiger charge is 2.11. The van der Waals surface area contributed by atoms with Gasteiger partial charge in [-0.25, -0.2) is 0 Å². The molecule has 2 N–H and O–H groups in total. The van der Waals surface area contributed by atoms with Gasteiger partial charge in [0.25, 0.3) is 0 Å². The molecule has 8 heteroatoms. The van der Waals surface area contributed by atoms with Gasteiger partial charge >= 0.3 is 5.91 Å². The Hall–Kier alpha value is -2.57. The SMILES string of the molecule is Cc1ccc2[nH]c(O)c(N=NC(=O)COc3ccc(Cl)cc3Cl)c2c1. The number of aromatic amines is 1. The third kappa shape index (κ3) is 3.92. The number of amides is 1. The zero-order valence-electron chi connectivity index (χ0n) is 13.1. The van der Waals surface area contributed by atoms with Crippen molar-refractivity contribution in [3.63, 3.8) is 0 Å². The Kier molecular flexibility index (Phi) is 4.92. The topological polar surface area (TPSA) is 87.0 Å². The van der Waals surface area contributed by atoms with E-state index in [1.165, 1.54) is 6.07 Å². The van der Waals surface area contributed by atoms with Crippen LogP contribution in [-0.4, -0.2) is 22.6 Å². The van der Waals surface area contributed by atoms with Gasteiger partial charge in [0.05, 0.1) is 10.5 Å². The summed E-state index contributed by atoms with van der Waals surface area (Å²) in [5, 5.41) is 18.8. The summed E-state index contributed by atoms with van der Waals surface area (Å²) in [4.78, 5) is 14.6. The van der Waals surface area contributed by atoms with Crippen LogP contribution in [0.2, 0.25) is 10.0 Å². The van der Waals surface area contributed by atoms with Crippen molar-refractivity contribution in [3.05, 3.63) is 52.0 Å². The number of rotatable bonds is 4. The Labute approximate surface area is 153 Å². The first-order valence-corrected chi connectivity index (χ1v) is 8.03. The number of aryl methyl sites for hydroxylation is 1. The molecule has 0 atom stereocenters. The van der Waals surface area contributed by atoms with Crippen LogP contribution in [0, 0.1) is 6.92 Å². The zero-order chi connectivity index (χ0) is 18.0. The number of benzene rings is 2. The number of hydrogen-bond acceptors (Lipinski definition) is 4. The summed E-state index contributed by atoms with van der Waals surface area (Å²) in [6, 6.07) is 10.2. The number of halogens is 2. The number of hydrogen-bond donors (Lipinski definition) is 2. The van der Waals surface area contributed by atoms with Crippen molar-refractivity contribution in [2.45, 2.75) is 6.92 Å². The van der Waals surface area contributed by atoms with Crippen LogP contribution < -0.4 is 4.74 Å². The van der Waals surface area contributed by atoms with Crippen LogP contribution in [0.5, 0.6) is 11.6 Å². The fourth-order valence-corrected chi connectivity index (χ4v) is 2.71. The number of nitrogens with one attached hydrogen (secondary N) is 1. The minimum absolute atomic E-state index is 0.154. The van der Waals surface area contributed by atoms with Crippen LogP contribution in [0.25, 0.3) is 10.9 Å². The molecule has 0 radical (unpaired) electrons. The molecule has 3 aromatic rings. The first-order valence-electron chi connectivity index (χ1n) is 7.28. The number of carbonyl (C=O) groups is 1. The molecule has 3 rings (SSSR count). The summed E-state index contributed by atoms with van der Waals surface area (Å²) < 4.78 is 5.30. The van der Waals surface area contributed by atoms with Crippen molar-refractivity contribution in [1.82, 2.24) is 4.98 Å². The van der Waals surface area contributed by atoms with Crippen molar-refractivity contribution >= 4 is 45.7 Å². The highest BCUT2D eigenvalue weighted by Crippen LogP contribution is 2.36. The first kappa shape index (κ1) is 17.3. The molecular weight excluding hydrogens is 365 g/mol. The molecule has 0 fully saturated rings. The van der Waals surface area contributed by atoms with Gasteiger partial charge < -0.3 is 14.8 Å². The molecule has 1 amide bonds. The summed E-state index contributed by atoms with van der Waals surface area (Å²) >= 11 is 11.8. The van der Waals surface area contributed by atoms with Crippen molar-refractivity contribution in [2.75, 3.05) is 6.61 Å². The fraction of sp³-hybridized carbons (Fsp3) is 0.118. The Bertz CT molecular complexity index is 983. The van der Waals surface area contributed by atoms with E-state index >= 15 is 0 Å². The van der Waals surface area contributed by atoms with Gasteiger partial charge in [-0.2, -0.15) is 0 Å². The molecule has 0 saturated heterocycles. The zero-order valence-corrected chi connectivity index (χ0v) is 14.6. The Morgan fingerprint density at radius 2 is 2.04 bits per heavy atom. The molecule has 2 aromatic carbocycles. The van der Waals surface area contributed by atoms with E-state index in [1.807, 2.05) is 25.1 Å². The quantitative estimate of drug-likeness (QED) is 0.614. The number of carbonyl (C=O) groups excluding carboxylic acids is 1. The first-order chi connectivity index (χ1) is 11.9. The smallest absolute Gasteiger partial charge is 0.302 e. The van der Waals surface area contributed by atoms with Crippen LogP contribution in [0.15, 0.2) is 46.6 Å². The standard InChI is InChI=1S/C17H13Cl2N3O3/c1-9-2-4-13-11(6-9)16(17(24)20-13)22-21-15(23)8-25-14-5-3-10(18)7-12(14)19/h2-7,20,24H,8H2,1H3. The van der Waals surface area contributed by atoms with E-state index in [1.54, 1.807) is 12.1 Å². The Morgan fingerprint density at radius 3 is 2.80 bits per heavy atom. The molecule has 128 valence electrons. The van der Waals surface area contributed by atoms with Crippen LogP contribution in [0.1, 0.15) is 5.56 Å². The van der Waals surface area contributed by atoms with Gasteiger partial charge in [-0.15, -0.1) is 10.2 Å². The summed E-state index contributed by atoms with van der Waals surface area (Å²) in [6.07, 6.45) is 0. The number of H-pyrrole nitrogens is 1. The van der Waals surface area contributed by atoms with Gasteiger partial charge in [-0.05, 0) is 37.3 Å². The number of fused-ring (bicyclic) bond motifs is 1. The average molecular weight is 378 g/mol. The molecule has 0 aliphatic heterocycles. The molecule has 0 aliphatic carbocycles. The summed E-state index contributed by atoms with van der Waals surface area (Å²) in [5.74, 6) is -0.452. The van der Waals surface area contributed by atoms with Crippen molar-refractivity contribution in [1.29, 1.82) is 0 Å². The molecule has 0 aliphatic rings. The molecule has 25 heavy (non-hydrogen) atoms. The monoisotopic (exact) mass is 377 g/mol. The van der Waals surface area contributed by atoms with Crippen LogP contribution in [0.3, 0.4) is 0 Å². The largest absolute Gasteiger partial charge is 0.493 e. The van der Waals surface area contributed by atoms with Crippen molar-refractivity contribution in [3.8, 4) is 11.6 Å². The molecule has 0 spiro atoms. The number of aromatic nitrogens is 1. The van der Waals surface area contributed by atoms with E-state index in [9.17, 15) is 9.90 Å². The maximum atomic E-state index is 11.9. The van der Waals surface area contributed by atoms with Crippen LogP contribution >= 0.6 is 23.2 Å². The molecule has 6 nitrogen and oxygen atoms in total. The van der Waals surface area contributed by atoms with E-state index in [4.69, 9.17) is 27.9 Å². The summed E-state index contributed by atoms with van der Waals surface area (Å²) in [5.41, 5.74) is 1.90. The van der Waals surface area contributed by atoms with Gasteiger partial charge in [0.1, 0.15) is 5.75 Å². The van der Waals surface area contributed by atoms with E-state index in [0.29, 0.717) is 26.7 Å². The maximum absolute atomic E-state index is 11.9. The van der Waals surface area contributed by atoms with Gasteiger partial charge in [0.15, 0.2) is 12.3 Å². The lowest BCUT2D eigenvalue weighted by molar-refractivity contribution is -0.120. The van der Waals surface area contributed by atoms with Gasteiger partial charge in [0.2, 0.25) is 5.88 Å². The Morgan fingerprint density at radius 1 is 1.24 bits per heavy atom. The number of azo groups is 1. The molecule has 0 saturated carbocycles. The lowest BCUT2D eigenvalue weighted by Gasteiger charge is -2.05. The van der Waals surface area contributed by atoms with E-state index in [-0.39, 0.29) is 18.2 Å². The van der Waals surface area contributed by atoms with Crippen LogP contribution in [-0.2, 0) is 4.79 Å². The fourth-order valence-electron chi connectivity index (χ4n) is 2.24. The highest BCUT2D eigenvalue weighted by molar-refractivity contribution is 6.35. The van der Waals surface area contributed by atoms with Crippen LogP contribution in [0.4, 0.5) is 5.69 Å². The minimum Gasteiger partial charge on any atom is -0.493 e. The molecule has 1 heterocycles. The molecule has 0 unspecified atom stereocenters. The molecule has 1 aromatic heterocycles. The molecular formula is C17H13Cl2N3O3. The summed E-state index contributed by atoms with van der Waals surface area (Å²) in [7, 11) is 0. The minimum atomic E-state index is -0.618. The third-order valence-electron chi connectivity index (χ3n) is 3.41. The maximum Gasteiger partial charge on any atom is 0.302 e. The van der Waals surface area contributed by atoms with E-state index in [2.05, 4.69) is 15.2 Å². The van der Waals surface area contributed by atoms with Gasteiger partial charge in [0, 0.05) is 10.4 Å². The third-order valence-corrected chi connectivity index (χ3v) is 3.94. The van der Waals surface area contributed by atoms with E-state index < -0.39 is 5.91 Å². The number of ether oxygens (including phenoxy) is 1. The lowest BCUT2D eigenvalue weighted by Crippen LogP contribution is -2.08. The second-order valence-corrected chi connectivity index (χ2v) is 6.17. The predicted molar refractivity (Wildman–Crippen MR) is 96.2 cm³/mol. The number of aromatic hydroxyl groups is 1. The average Bonchev–Trinajstić information content (AvgIpc) is 2.87. The van der Waals surface area contributed by atoms with Gasteiger partial charge in [-0.3, -0.25) is 4.79 Å². The second-order valence-electron chi connectivity index (χ2n) is 5.33. The van der Waals surface area contributed by atoms with E-state index in [0.717, 1.165) is 5.56 Å². The van der Waals surface area contributed by atoms with Crippen molar-refractivity contribution in [2.24, 2.45) is 10.2 Å². The Balaban J connectivity index is 1.72. The lowest BCUT2D eigenvalue weighted by atomic mass is 10.2. The van der Waals surface area contributed by atoms with Crippen molar-refractivity contribution < 1.29 is 14.6 Å². The number of nitrogens with zero attached hydrogens (tertiary/aromatic N) is 2.